The van der Waals surface area contributed by atoms with Gasteiger partial charge < -0.3 is 0 Å². The summed E-state index contributed by atoms with van der Waals surface area (Å²) in [6, 6.07) is 10.1. The van der Waals surface area contributed by atoms with Gasteiger partial charge in [-0.25, -0.2) is 4.68 Å². The van der Waals surface area contributed by atoms with Crippen molar-refractivity contribution in [2.45, 2.75) is 6.92 Å². The van der Waals surface area contributed by atoms with Gasteiger partial charge >= 0.3 is 0 Å². The van der Waals surface area contributed by atoms with Crippen molar-refractivity contribution < 1.29 is 0 Å². The molecule has 0 radical (unpaired) electrons. The molecule has 0 bridgehead atoms. The second-order valence-corrected chi connectivity index (χ2v) is 6.93. The first kappa shape index (κ1) is 18.1. The zero-order valence-electron chi connectivity index (χ0n) is 12.9. The van der Waals surface area contributed by atoms with Crippen LogP contribution in [0.4, 0.5) is 5.69 Å². The van der Waals surface area contributed by atoms with Gasteiger partial charge in [-0.15, -0.1) is 0 Å². The molecule has 0 atom stereocenters. The predicted octanol–water partition coefficient (Wildman–Crippen LogP) is 5.84. The molecule has 0 spiro atoms. The Hall–Kier alpha value is -1.72. The Labute approximate surface area is 163 Å². The van der Waals surface area contributed by atoms with E-state index in [4.69, 9.17) is 46.4 Å². The van der Waals surface area contributed by atoms with Gasteiger partial charge in [-0.05, 0) is 37.3 Å². The van der Waals surface area contributed by atoms with Crippen molar-refractivity contribution in [1.82, 2.24) is 9.78 Å². The third-order valence-electron chi connectivity index (χ3n) is 3.47. The number of aromatic amines is 1. The molecule has 25 heavy (non-hydrogen) atoms. The molecule has 0 aliphatic rings. The Bertz CT molecular complexity index is 1010. The van der Waals surface area contributed by atoms with Crippen LogP contribution in [-0.4, -0.2) is 16.0 Å². The van der Waals surface area contributed by atoms with Crippen LogP contribution in [0, 0.1) is 6.92 Å². The largest absolute Gasteiger partial charge is 0.295 e. The Morgan fingerprint density at radius 2 is 1.72 bits per heavy atom. The molecule has 4 nitrogen and oxygen atoms in total. The molecule has 8 heteroatoms. The van der Waals surface area contributed by atoms with Gasteiger partial charge in [0, 0.05) is 22.0 Å². The highest BCUT2D eigenvalue weighted by Gasteiger charge is 2.16. The van der Waals surface area contributed by atoms with Crippen LogP contribution in [0.3, 0.4) is 0 Å². The average Bonchev–Trinajstić information content (AvgIpc) is 2.79. The molecule has 1 aromatic heterocycles. The summed E-state index contributed by atoms with van der Waals surface area (Å²) in [5.41, 5.74) is 1.67. The maximum absolute atomic E-state index is 12.7. The average molecular weight is 415 g/mol. The van der Waals surface area contributed by atoms with Crippen molar-refractivity contribution in [2.24, 2.45) is 4.99 Å². The molecular weight excluding hydrogens is 404 g/mol. The second-order valence-electron chi connectivity index (χ2n) is 5.25. The lowest BCUT2D eigenvalue weighted by Gasteiger charge is -2.07. The molecule has 0 saturated carbocycles. The summed E-state index contributed by atoms with van der Waals surface area (Å²) in [5, 5.41) is 4.43. The molecule has 3 rings (SSSR count). The highest BCUT2D eigenvalue weighted by molar-refractivity contribution is 6.40. The number of aromatic nitrogens is 2. The van der Waals surface area contributed by atoms with E-state index in [1.807, 2.05) is 0 Å². The zero-order valence-corrected chi connectivity index (χ0v) is 15.9. The first-order valence-electron chi connectivity index (χ1n) is 7.13. The van der Waals surface area contributed by atoms with Crippen LogP contribution in [0.5, 0.6) is 0 Å². The van der Waals surface area contributed by atoms with E-state index in [0.29, 0.717) is 32.7 Å². The number of benzene rings is 2. The maximum Gasteiger partial charge on any atom is 0.280 e. The molecule has 2 aromatic carbocycles. The predicted molar refractivity (Wildman–Crippen MR) is 105 cm³/mol. The summed E-state index contributed by atoms with van der Waals surface area (Å²) in [5.74, 6) is 0. The van der Waals surface area contributed by atoms with E-state index in [0.717, 1.165) is 0 Å². The van der Waals surface area contributed by atoms with Crippen LogP contribution in [0.2, 0.25) is 20.1 Å². The molecule has 0 unspecified atom stereocenters. The Balaban J connectivity index is 2.07. The lowest BCUT2D eigenvalue weighted by atomic mass is 10.2. The van der Waals surface area contributed by atoms with Crippen molar-refractivity contribution in [3.63, 3.8) is 0 Å². The van der Waals surface area contributed by atoms with E-state index in [2.05, 4.69) is 10.1 Å². The number of halogens is 4. The maximum atomic E-state index is 12.7. The van der Waals surface area contributed by atoms with E-state index in [1.165, 1.54) is 23.0 Å². The van der Waals surface area contributed by atoms with Crippen molar-refractivity contribution in [2.75, 3.05) is 0 Å². The minimum atomic E-state index is -0.325. The Kier molecular flexibility index (Phi) is 5.25. The molecule has 0 fully saturated rings. The van der Waals surface area contributed by atoms with E-state index >= 15 is 0 Å². The summed E-state index contributed by atoms with van der Waals surface area (Å²) < 4.78 is 1.27. The van der Waals surface area contributed by atoms with Crippen LogP contribution in [0.1, 0.15) is 11.3 Å². The molecular formula is C17H11Cl4N3O. The fourth-order valence-corrected chi connectivity index (χ4v) is 3.48. The van der Waals surface area contributed by atoms with Crippen LogP contribution in [0.15, 0.2) is 46.2 Å². The van der Waals surface area contributed by atoms with Crippen LogP contribution < -0.4 is 5.56 Å². The van der Waals surface area contributed by atoms with E-state index < -0.39 is 0 Å². The van der Waals surface area contributed by atoms with Gasteiger partial charge in [0.15, 0.2) is 0 Å². The molecule has 0 aliphatic carbocycles. The lowest BCUT2D eigenvalue weighted by molar-refractivity contribution is 0.835. The minimum absolute atomic E-state index is 0.263. The minimum Gasteiger partial charge on any atom is -0.295 e. The first-order valence-corrected chi connectivity index (χ1v) is 8.64. The highest BCUT2D eigenvalue weighted by Crippen LogP contribution is 2.31. The van der Waals surface area contributed by atoms with Gasteiger partial charge in [0.25, 0.3) is 5.56 Å². The van der Waals surface area contributed by atoms with Crippen molar-refractivity contribution in [1.29, 1.82) is 0 Å². The quantitative estimate of drug-likeness (QED) is 0.537. The van der Waals surface area contributed by atoms with Gasteiger partial charge in [-0.1, -0.05) is 52.5 Å². The van der Waals surface area contributed by atoms with Crippen molar-refractivity contribution in [3.8, 4) is 5.69 Å². The number of aliphatic imine (C=N–C) groups is 1. The van der Waals surface area contributed by atoms with Crippen LogP contribution in [0.25, 0.3) is 5.69 Å². The first-order chi connectivity index (χ1) is 11.9. The van der Waals surface area contributed by atoms with Crippen molar-refractivity contribution in [3.05, 3.63) is 78.1 Å². The normalized spacial score (nSPS) is 11.4. The Morgan fingerprint density at radius 1 is 1.04 bits per heavy atom. The monoisotopic (exact) mass is 413 g/mol. The number of hydrogen-bond donors (Lipinski definition) is 1. The topological polar surface area (TPSA) is 50.1 Å². The molecule has 1 heterocycles. The number of rotatable bonds is 3. The van der Waals surface area contributed by atoms with E-state index in [1.54, 1.807) is 31.2 Å². The van der Waals surface area contributed by atoms with E-state index in [9.17, 15) is 4.79 Å². The smallest absolute Gasteiger partial charge is 0.280 e. The molecule has 3 aromatic rings. The number of nitrogens with one attached hydrogen (secondary N) is 1. The lowest BCUT2D eigenvalue weighted by Crippen LogP contribution is -2.18. The van der Waals surface area contributed by atoms with Crippen LogP contribution >= 0.6 is 46.4 Å². The second kappa shape index (κ2) is 7.26. The van der Waals surface area contributed by atoms with Gasteiger partial charge in [0.1, 0.15) is 5.69 Å². The SMILES string of the molecule is Cc1[nH]n(-c2c(Cl)cc(Cl)cc2Cl)c(=O)c1C=Nc1cccc(Cl)c1. The number of aryl methyl sites for hydroxylation is 1. The van der Waals surface area contributed by atoms with E-state index in [-0.39, 0.29) is 15.6 Å². The molecule has 1 N–H and O–H groups in total. The fourth-order valence-electron chi connectivity index (χ4n) is 2.31. The third kappa shape index (κ3) is 3.77. The van der Waals surface area contributed by atoms with Gasteiger partial charge in [-0.3, -0.25) is 14.9 Å². The molecule has 128 valence electrons. The Morgan fingerprint density at radius 3 is 2.36 bits per heavy atom. The summed E-state index contributed by atoms with van der Waals surface area (Å²) >= 11 is 24.2. The number of nitrogens with zero attached hydrogens (tertiary/aromatic N) is 2. The molecule has 0 saturated heterocycles. The van der Waals surface area contributed by atoms with Gasteiger partial charge in [0.2, 0.25) is 0 Å². The van der Waals surface area contributed by atoms with Crippen LogP contribution in [-0.2, 0) is 0 Å². The summed E-state index contributed by atoms with van der Waals surface area (Å²) in [7, 11) is 0. The van der Waals surface area contributed by atoms with Crippen molar-refractivity contribution >= 4 is 58.3 Å². The summed E-state index contributed by atoms with van der Waals surface area (Å²) in [6.45, 7) is 1.76. The third-order valence-corrected chi connectivity index (χ3v) is 4.50. The molecule has 0 amide bonds. The standard InChI is InChI=1S/C17H11Cl4N3O/c1-9-13(8-22-12-4-2-3-10(18)5-12)17(25)24(23-9)16-14(20)6-11(19)7-15(16)21/h2-8,23H,1H3. The molecule has 0 aliphatic heterocycles. The summed E-state index contributed by atoms with van der Waals surface area (Å²) in [4.78, 5) is 17.0. The number of H-pyrrole nitrogens is 1. The summed E-state index contributed by atoms with van der Waals surface area (Å²) in [6.07, 6.45) is 1.48. The highest BCUT2D eigenvalue weighted by atomic mass is 35.5. The van der Waals surface area contributed by atoms with Gasteiger partial charge in [0.05, 0.1) is 21.3 Å². The van der Waals surface area contributed by atoms with Gasteiger partial charge in [-0.2, -0.15) is 0 Å². The zero-order chi connectivity index (χ0) is 18.1. The fraction of sp³-hybridized carbons (Fsp3) is 0.0588. The number of hydrogen-bond acceptors (Lipinski definition) is 2.